The van der Waals surface area contributed by atoms with Crippen molar-refractivity contribution in [3.63, 3.8) is 0 Å². The average Bonchev–Trinajstić information content (AvgIpc) is 2.70. The van der Waals surface area contributed by atoms with Crippen LogP contribution in [0.15, 0.2) is 60.7 Å². The van der Waals surface area contributed by atoms with E-state index in [0.29, 0.717) is 12.2 Å². The Kier molecular flexibility index (Phi) is 5.45. The van der Waals surface area contributed by atoms with Gasteiger partial charge in [-0.2, -0.15) is 0 Å². The van der Waals surface area contributed by atoms with Crippen LogP contribution < -0.4 is 5.32 Å². The van der Waals surface area contributed by atoms with Gasteiger partial charge >= 0.3 is 5.97 Å². The molecule has 0 saturated carbocycles. The Bertz CT molecular complexity index is 1040. The van der Waals surface area contributed by atoms with Crippen molar-refractivity contribution in [2.24, 2.45) is 0 Å². The van der Waals surface area contributed by atoms with Crippen molar-refractivity contribution in [2.45, 2.75) is 13.8 Å². The average molecular weight is 375 g/mol. The van der Waals surface area contributed by atoms with E-state index in [0.717, 1.165) is 16.7 Å². The van der Waals surface area contributed by atoms with Gasteiger partial charge in [-0.05, 0) is 31.5 Å². The van der Waals surface area contributed by atoms with Gasteiger partial charge in [0.05, 0.1) is 16.8 Å². The molecular formula is C23H21NO4. The van der Waals surface area contributed by atoms with E-state index < -0.39 is 11.8 Å². The van der Waals surface area contributed by atoms with Gasteiger partial charge in [-0.15, -0.1) is 0 Å². The summed E-state index contributed by atoms with van der Waals surface area (Å²) in [5, 5.41) is 23.3. The lowest BCUT2D eigenvalue weighted by molar-refractivity contribution is 0.0692. The van der Waals surface area contributed by atoms with Gasteiger partial charge in [0.15, 0.2) is 5.78 Å². The Morgan fingerprint density at radius 1 is 0.893 bits per heavy atom. The number of nitrogens with one attached hydrogen (secondary N) is 1. The molecule has 0 aromatic heterocycles. The Morgan fingerprint density at radius 2 is 1.54 bits per heavy atom. The van der Waals surface area contributed by atoms with Gasteiger partial charge in [0.1, 0.15) is 5.75 Å². The number of aryl methyl sites for hydroxylation is 1. The number of carboxylic acids is 1. The van der Waals surface area contributed by atoms with Crippen molar-refractivity contribution in [3.05, 3.63) is 82.9 Å². The molecule has 5 heteroatoms. The number of rotatable bonds is 6. The quantitative estimate of drug-likeness (QED) is 0.428. The number of hydrogen-bond donors (Lipinski definition) is 3. The number of anilines is 1. The van der Waals surface area contributed by atoms with Crippen molar-refractivity contribution < 1.29 is 19.8 Å². The number of ketones is 1. The number of phenolic OH excluding ortho intramolecular Hbond substituents is 1. The number of aromatic hydroxyl groups is 1. The van der Waals surface area contributed by atoms with Crippen LogP contribution in [0.5, 0.6) is 5.75 Å². The molecule has 28 heavy (non-hydrogen) atoms. The largest absolute Gasteiger partial charge is 0.505 e. The highest BCUT2D eigenvalue weighted by Gasteiger charge is 2.23. The fraction of sp³-hybridized carbons (Fsp3) is 0.130. The van der Waals surface area contributed by atoms with Crippen LogP contribution in [0.3, 0.4) is 0 Å². The highest BCUT2D eigenvalue weighted by molar-refractivity contribution is 6.16. The van der Waals surface area contributed by atoms with E-state index in [1.165, 1.54) is 18.2 Å². The molecule has 0 heterocycles. The third-order valence-corrected chi connectivity index (χ3v) is 4.54. The molecule has 0 fully saturated rings. The third kappa shape index (κ3) is 3.60. The van der Waals surface area contributed by atoms with Crippen LogP contribution in [-0.4, -0.2) is 28.5 Å². The lowest BCUT2D eigenvalue weighted by atomic mass is 9.94. The first-order valence-electron chi connectivity index (χ1n) is 8.98. The van der Waals surface area contributed by atoms with Crippen LogP contribution in [0, 0.1) is 6.92 Å². The summed E-state index contributed by atoms with van der Waals surface area (Å²) in [6, 6.07) is 17.1. The topological polar surface area (TPSA) is 86.6 Å². The maximum atomic E-state index is 13.0. The summed E-state index contributed by atoms with van der Waals surface area (Å²) < 4.78 is 0. The molecule has 3 rings (SSSR count). The number of hydrogen-bond acceptors (Lipinski definition) is 4. The molecule has 0 aliphatic rings. The molecule has 5 nitrogen and oxygen atoms in total. The molecule has 3 aromatic carbocycles. The van der Waals surface area contributed by atoms with Crippen molar-refractivity contribution in [3.8, 4) is 16.9 Å². The smallest absolute Gasteiger partial charge is 0.336 e. The number of aromatic carboxylic acids is 1. The van der Waals surface area contributed by atoms with E-state index in [-0.39, 0.29) is 22.4 Å². The van der Waals surface area contributed by atoms with Gasteiger partial charge in [0, 0.05) is 17.7 Å². The zero-order valence-corrected chi connectivity index (χ0v) is 15.7. The number of carboxylic acid groups (broad SMARTS) is 1. The van der Waals surface area contributed by atoms with Gasteiger partial charge in [0.25, 0.3) is 0 Å². The molecule has 0 saturated heterocycles. The highest BCUT2D eigenvalue weighted by atomic mass is 16.4. The molecule has 0 bridgehead atoms. The number of carbonyl (C=O) groups is 2. The highest BCUT2D eigenvalue weighted by Crippen LogP contribution is 2.39. The van der Waals surface area contributed by atoms with Crippen molar-refractivity contribution in [1.82, 2.24) is 0 Å². The van der Waals surface area contributed by atoms with Crippen LogP contribution in [0.4, 0.5) is 5.69 Å². The molecule has 3 N–H and O–H groups in total. The summed E-state index contributed by atoms with van der Waals surface area (Å²) in [6.07, 6.45) is 0. The fourth-order valence-corrected chi connectivity index (χ4v) is 3.12. The first kappa shape index (κ1) is 19.2. The zero-order chi connectivity index (χ0) is 20.3. The summed E-state index contributed by atoms with van der Waals surface area (Å²) in [6.45, 7) is 4.44. The second-order valence-electron chi connectivity index (χ2n) is 6.46. The summed E-state index contributed by atoms with van der Waals surface area (Å²) in [5.74, 6) is -1.91. The molecular weight excluding hydrogens is 354 g/mol. The second kappa shape index (κ2) is 7.96. The Hall–Kier alpha value is -3.60. The van der Waals surface area contributed by atoms with Crippen molar-refractivity contribution in [1.29, 1.82) is 0 Å². The zero-order valence-electron chi connectivity index (χ0n) is 15.7. The molecule has 3 aromatic rings. The molecule has 0 radical (unpaired) electrons. The first-order chi connectivity index (χ1) is 13.4. The Balaban J connectivity index is 2.13. The molecule has 0 aliphatic heterocycles. The number of benzene rings is 3. The Labute approximate surface area is 163 Å². The molecule has 142 valence electrons. The normalized spacial score (nSPS) is 10.5. The van der Waals surface area contributed by atoms with E-state index in [4.69, 9.17) is 0 Å². The standard InChI is InChI=1S/C23H21NO4/c1-3-24-20-16(15-10-8-14(2)9-11-15)12-13-19(22(20)26)21(25)17-6-4-5-7-18(17)23(27)28/h4-13,24,26H,3H2,1-2H3,(H,27,28). The summed E-state index contributed by atoms with van der Waals surface area (Å²) in [7, 11) is 0. The van der Waals surface area contributed by atoms with E-state index >= 15 is 0 Å². The SMILES string of the molecule is CCNc1c(-c2ccc(C)cc2)ccc(C(=O)c2ccccc2C(=O)O)c1O. The van der Waals surface area contributed by atoms with Gasteiger partial charge in [-0.25, -0.2) is 4.79 Å². The predicted octanol–water partition coefficient (Wildman–Crippen LogP) is 4.73. The lowest BCUT2D eigenvalue weighted by Gasteiger charge is -2.16. The minimum atomic E-state index is -1.19. The number of phenols is 1. The van der Waals surface area contributed by atoms with E-state index in [1.807, 2.05) is 38.1 Å². The maximum Gasteiger partial charge on any atom is 0.336 e. The van der Waals surface area contributed by atoms with Gasteiger partial charge in [-0.3, -0.25) is 4.79 Å². The van der Waals surface area contributed by atoms with Crippen molar-refractivity contribution in [2.75, 3.05) is 11.9 Å². The van der Waals surface area contributed by atoms with Crippen LogP contribution in [-0.2, 0) is 0 Å². The molecule has 0 spiro atoms. The summed E-state index contributed by atoms with van der Waals surface area (Å²) >= 11 is 0. The van der Waals surface area contributed by atoms with Crippen molar-refractivity contribution >= 4 is 17.4 Å². The van der Waals surface area contributed by atoms with Crippen LogP contribution in [0.1, 0.15) is 38.8 Å². The van der Waals surface area contributed by atoms with Crippen LogP contribution in [0.2, 0.25) is 0 Å². The van der Waals surface area contributed by atoms with E-state index in [1.54, 1.807) is 18.2 Å². The maximum absolute atomic E-state index is 13.0. The summed E-state index contributed by atoms with van der Waals surface area (Å²) in [4.78, 5) is 24.4. The minimum Gasteiger partial charge on any atom is -0.505 e. The van der Waals surface area contributed by atoms with Gasteiger partial charge in [0.2, 0.25) is 0 Å². The monoisotopic (exact) mass is 375 g/mol. The minimum absolute atomic E-state index is 0.0378. The summed E-state index contributed by atoms with van der Waals surface area (Å²) in [5.41, 5.74) is 3.24. The number of carbonyl (C=O) groups excluding carboxylic acids is 1. The first-order valence-corrected chi connectivity index (χ1v) is 8.98. The van der Waals surface area contributed by atoms with Crippen LogP contribution >= 0.6 is 0 Å². The van der Waals surface area contributed by atoms with E-state index in [9.17, 15) is 19.8 Å². The third-order valence-electron chi connectivity index (χ3n) is 4.54. The predicted molar refractivity (Wildman–Crippen MR) is 109 cm³/mol. The second-order valence-corrected chi connectivity index (χ2v) is 6.46. The van der Waals surface area contributed by atoms with E-state index in [2.05, 4.69) is 5.32 Å². The Morgan fingerprint density at radius 3 is 2.14 bits per heavy atom. The fourth-order valence-electron chi connectivity index (χ4n) is 3.12. The van der Waals surface area contributed by atoms with Crippen LogP contribution in [0.25, 0.3) is 11.1 Å². The molecule has 0 unspecified atom stereocenters. The molecule has 0 amide bonds. The molecule has 0 aliphatic carbocycles. The van der Waals surface area contributed by atoms with Gasteiger partial charge < -0.3 is 15.5 Å². The lowest BCUT2D eigenvalue weighted by Crippen LogP contribution is -2.11. The molecule has 0 atom stereocenters. The van der Waals surface area contributed by atoms with Gasteiger partial charge in [-0.1, -0.05) is 54.1 Å².